The molecule has 0 spiro atoms. The van der Waals surface area contributed by atoms with Crippen molar-refractivity contribution in [2.75, 3.05) is 14.2 Å². The van der Waals surface area contributed by atoms with Crippen molar-refractivity contribution in [2.24, 2.45) is 0 Å². The van der Waals surface area contributed by atoms with E-state index in [1.807, 2.05) is 0 Å². The van der Waals surface area contributed by atoms with Crippen LogP contribution in [0.4, 0.5) is 0 Å². The Morgan fingerprint density at radius 2 is 1.21 bits per heavy atom. The number of aromatic hydroxyl groups is 2. The Morgan fingerprint density at radius 3 is 1.57 bits per heavy atom. The molecule has 0 fully saturated rings. The molecule has 6 nitrogen and oxygen atoms in total. The van der Waals surface area contributed by atoms with Crippen LogP contribution in [0.25, 0.3) is 12.2 Å². The Bertz CT molecular complexity index is 828. The Kier molecular flexibility index (Phi) is 9.12. The number of hydrogen-bond acceptors (Lipinski definition) is 6. The van der Waals surface area contributed by atoms with Crippen molar-refractivity contribution in [1.82, 2.24) is 0 Å². The first-order valence-electron chi connectivity index (χ1n) is 8.08. The van der Waals surface area contributed by atoms with Crippen molar-refractivity contribution < 1.29 is 48.8 Å². The van der Waals surface area contributed by atoms with Gasteiger partial charge in [-0.25, -0.2) is 0 Å². The van der Waals surface area contributed by atoms with Gasteiger partial charge >= 0.3 is 19.5 Å². The maximum atomic E-state index is 11.9. The monoisotopic (exact) mass is 432 g/mol. The van der Waals surface area contributed by atoms with Gasteiger partial charge in [0, 0.05) is 0 Å². The number of allylic oxidation sites excluding steroid dienone is 2. The summed E-state index contributed by atoms with van der Waals surface area (Å²) < 4.78 is 10.00. The number of ketones is 2. The van der Waals surface area contributed by atoms with Crippen LogP contribution in [0.1, 0.15) is 17.5 Å². The van der Waals surface area contributed by atoms with Crippen LogP contribution in [-0.2, 0) is 29.1 Å². The minimum Gasteiger partial charge on any atom is -0.504 e. The predicted octanol–water partition coefficient (Wildman–Crippen LogP) is 3.37. The third-order valence-electron chi connectivity index (χ3n) is 3.68. The van der Waals surface area contributed by atoms with Crippen molar-refractivity contribution in [3.05, 3.63) is 59.7 Å². The van der Waals surface area contributed by atoms with Crippen molar-refractivity contribution in [3.8, 4) is 23.0 Å². The van der Waals surface area contributed by atoms with E-state index in [1.165, 1.54) is 38.5 Å². The Morgan fingerprint density at radius 1 is 0.821 bits per heavy atom. The van der Waals surface area contributed by atoms with Crippen molar-refractivity contribution in [3.63, 3.8) is 0 Å². The molecule has 0 radical (unpaired) electrons. The summed E-state index contributed by atoms with van der Waals surface area (Å²) in [6.07, 6.45) is 5.44. The minimum absolute atomic E-state index is 0. The molecule has 0 amide bonds. The normalized spacial score (nSPS) is 10.6. The van der Waals surface area contributed by atoms with E-state index in [9.17, 15) is 19.8 Å². The third-order valence-corrected chi connectivity index (χ3v) is 3.68. The molecule has 140 valence electrons. The van der Waals surface area contributed by atoms with E-state index in [4.69, 9.17) is 9.47 Å². The van der Waals surface area contributed by atoms with E-state index in [1.54, 1.807) is 36.4 Å². The average Bonchev–Trinajstić information content (AvgIpc) is 2.66. The summed E-state index contributed by atoms with van der Waals surface area (Å²) in [6.45, 7) is 0. The van der Waals surface area contributed by atoms with Crippen LogP contribution in [0.2, 0.25) is 0 Å². The second kappa shape index (κ2) is 11.0. The smallest absolute Gasteiger partial charge is 0.504 e. The number of hydrogen-bond donors (Lipinski definition) is 2. The summed E-state index contributed by atoms with van der Waals surface area (Å²) in [4.78, 5) is 23.9. The number of phenolic OH excluding ortho intramolecular Hbond substituents is 2. The Balaban J connectivity index is 0.00000392. The van der Waals surface area contributed by atoms with Crippen LogP contribution < -0.4 is 9.47 Å². The molecule has 0 heterocycles. The van der Waals surface area contributed by atoms with Crippen LogP contribution in [-0.4, -0.2) is 36.0 Å². The minimum atomic E-state index is -0.347. The van der Waals surface area contributed by atoms with Gasteiger partial charge in [-0.15, -0.1) is 0 Å². The molecule has 28 heavy (non-hydrogen) atoms. The topological polar surface area (TPSA) is 93.1 Å². The molecule has 0 aromatic heterocycles. The van der Waals surface area contributed by atoms with E-state index in [2.05, 4.69) is 0 Å². The van der Waals surface area contributed by atoms with Gasteiger partial charge in [0.1, 0.15) is 0 Å². The summed E-state index contributed by atoms with van der Waals surface area (Å²) in [6, 6.07) is 9.34. The fraction of sp³-hybridized carbons (Fsp3) is 0.143. The molecule has 2 N–H and O–H groups in total. The van der Waals surface area contributed by atoms with Gasteiger partial charge in [0.25, 0.3) is 0 Å². The molecular formula is C21H20O6Zn+2. The molecule has 2 rings (SSSR count). The SMILES string of the molecule is COc1cc(/C=C/C(=O)CC(=O)/C=C/c2ccc(O)c(OC)c2)ccc1O.[Zn+2]. The van der Waals surface area contributed by atoms with Crippen LogP contribution in [0.3, 0.4) is 0 Å². The third kappa shape index (κ3) is 6.67. The Labute approximate surface area is 175 Å². The zero-order chi connectivity index (χ0) is 19.8. The summed E-state index contributed by atoms with van der Waals surface area (Å²) in [5.74, 6) is -0.0832. The number of rotatable bonds is 8. The van der Waals surface area contributed by atoms with Gasteiger partial charge < -0.3 is 19.7 Å². The number of carbonyl (C=O) groups excluding carboxylic acids is 2. The first-order valence-corrected chi connectivity index (χ1v) is 8.08. The molecule has 0 bridgehead atoms. The van der Waals surface area contributed by atoms with E-state index in [0.717, 1.165) is 0 Å². The number of benzene rings is 2. The second-order valence-corrected chi connectivity index (χ2v) is 5.64. The summed E-state index contributed by atoms with van der Waals surface area (Å²) in [7, 11) is 2.87. The fourth-order valence-corrected chi connectivity index (χ4v) is 2.26. The summed E-state index contributed by atoms with van der Waals surface area (Å²) in [5.41, 5.74) is 1.33. The first-order chi connectivity index (χ1) is 12.9. The molecule has 0 aliphatic heterocycles. The molecular weight excluding hydrogens is 414 g/mol. The standard InChI is InChI=1S/C21H20O6.Zn/c1-26-20-11-14(5-9-18(20)24)3-7-16(22)13-17(23)8-4-15-6-10-19(25)21(12-15)27-2;/h3-12,24-25H,13H2,1-2H3;/q;+2/b7-3+,8-4+;. The van der Waals surface area contributed by atoms with Crippen molar-refractivity contribution in [2.45, 2.75) is 6.42 Å². The molecule has 0 aliphatic carbocycles. The molecule has 7 heteroatoms. The van der Waals surface area contributed by atoms with E-state index < -0.39 is 0 Å². The predicted molar refractivity (Wildman–Crippen MR) is 102 cm³/mol. The summed E-state index contributed by atoms with van der Waals surface area (Å²) >= 11 is 0. The zero-order valence-corrected chi connectivity index (χ0v) is 18.7. The molecule has 0 atom stereocenters. The molecule has 2 aromatic carbocycles. The van der Waals surface area contributed by atoms with E-state index >= 15 is 0 Å². The van der Waals surface area contributed by atoms with Gasteiger partial charge in [-0.05, 0) is 47.5 Å². The van der Waals surface area contributed by atoms with Gasteiger partial charge in [-0.1, -0.05) is 24.3 Å². The quantitative estimate of drug-likeness (QED) is 0.377. The molecule has 2 aromatic rings. The fourth-order valence-electron chi connectivity index (χ4n) is 2.26. The van der Waals surface area contributed by atoms with E-state index in [-0.39, 0.29) is 49.0 Å². The van der Waals surface area contributed by atoms with Crippen molar-refractivity contribution >= 4 is 23.7 Å². The largest absolute Gasteiger partial charge is 2.00 e. The molecule has 0 saturated carbocycles. The average molecular weight is 434 g/mol. The van der Waals surface area contributed by atoms with Gasteiger partial charge in [-0.3, -0.25) is 9.59 Å². The van der Waals surface area contributed by atoms with Crippen LogP contribution in [0, 0.1) is 0 Å². The molecule has 0 unspecified atom stereocenters. The van der Waals surface area contributed by atoms with Crippen LogP contribution >= 0.6 is 0 Å². The van der Waals surface area contributed by atoms with Gasteiger partial charge in [0.05, 0.1) is 20.6 Å². The van der Waals surface area contributed by atoms with Gasteiger partial charge in [0.2, 0.25) is 0 Å². The Hall–Kier alpha value is -2.92. The number of methoxy groups -OCH3 is 2. The van der Waals surface area contributed by atoms with Gasteiger partial charge in [-0.2, -0.15) is 0 Å². The summed E-state index contributed by atoms with van der Waals surface area (Å²) in [5, 5.41) is 19.1. The second-order valence-electron chi connectivity index (χ2n) is 5.64. The van der Waals surface area contributed by atoms with E-state index in [0.29, 0.717) is 22.6 Å². The number of carbonyl (C=O) groups is 2. The molecule has 0 aliphatic rings. The maximum absolute atomic E-state index is 11.9. The maximum Gasteiger partial charge on any atom is 2.00 e. The van der Waals surface area contributed by atoms with Gasteiger partial charge in [0.15, 0.2) is 34.6 Å². The zero-order valence-electron chi connectivity index (χ0n) is 15.7. The molecule has 0 saturated heterocycles. The van der Waals surface area contributed by atoms with Crippen molar-refractivity contribution in [1.29, 1.82) is 0 Å². The van der Waals surface area contributed by atoms with Crippen LogP contribution in [0.5, 0.6) is 23.0 Å². The number of ether oxygens (including phenoxy) is 2. The van der Waals surface area contributed by atoms with Crippen LogP contribution in [0.15, 0.2) is 48.6 Å². The first kappa shape index (κ1) is 23.1. The number of phenols is 2.